The number of nitrogens with one attached hydrogen (secondary N) is 2. The molecular weight excluding hydrogens is 434 g/mol. The molecule has 2 aromatic carbocycles. The Morgan fingerprint density at radius 1 is 1.11 bits per heavy atom. The van der Waals surface area contributed by atoms with Crippen molar-refractivity contribution in [1.29, 1.82) is 0 Å². The first-order chi connectivity index (χ1) is 16.8. The summed E-state index contributed by atoms with van der Waals surface area (Å²) in [5.74, 6) is 0.935. The van der Waals surface area contributed by atoms with Gasteiger partial charge in [0.05, 0.1) is 11.0 Å². The molecule has 1 saturated carbocycles. The molecule has 1 heterocycles. The van der Waals surface area contributed by atoms with Crippen LogP contribution in [-0.2, 0) is 13.5 Å². The molecule has 4 rings (SSSR count). The summed E-state index contributed by atoms with van der Waals surface area (Å²) < 4.78 is 2.09. The van der Waals surface area contributed by atoms with E-state index in [0.717, 1.165) is 51.8 Å². The van der Waals surface area contributed by atoms with Crippen LogP contribution in [0.1, 0.15) is 66.3 Å². The molecule has 0 atom stereocenters. The third-order valence-corrected chi connectivity index (χ3v) is 6.98. The van der Waals surface area contributed by atoms with Crippen molar-refractivity contribution >= 4 is 22.6 Å². The van der Waals surface area contributed by atoms with Crippen LogP contribution in [0.25, 0.3) is 11.0 Å². The van der Waals surface area contributed by atoms with Crippen LogP contribution >= 0.6 is 0 Å². The van der Waals surface area contributed by atoms with E-state index in [4.69, 9.17) is 0 Å². The number of para-hydroxylation sites is 2. The van der Waals surface area contributed by atoms with Crippen LogP contribution < -0.4 is 10.6 Å². The highest BCUT2D eigenvalue weighted by atomic mass is 16.1. The quantitative estimate of drug-likeness (QED) is 0.473. The van der Waals surface area contributed by atoms with E-state index in [0.29, 0.717) is 13.0 Å². The van der Waals surface area contributed by atoms with Crippen molar-refractivity contribution in [3.05, 3.63) is 58.9 Å². The number of carbonyl (C=O) groups excluding carboxylic acids is 1. The second-order valence-electron chi connectivity index (χ2n) is 9.85. The van der Waals surface area contributed by atoms with E-state index in [9.17, 15) is 4.79 Å². The summed E-state index contributed by atoms with van der Waals surface area (Å²) >= 11 is 0. The predicted octanol–water partition coefficient (Wildman–Crippen LogP) is 5.48. The van der Waals surface area contributed by atoms with Gasteiger partial charge >= 0.3 is 0 Å². The molecule has 1 aliphatic rings. The fourth-order valence-corrected chi connectivity index (χ4v) is 4.87. The Labute approximate surface area is 211 Å². The van der Waals surface area contributed by atoms with Gasteiger partial charge in [0, 0.05) is 43.9 Å². The number of anilines is 1. The third kappa shape index (κ3) is 7.07. The molecule has 0 spiro atoms. The molecular formula is C29H43N5O. The van der Waals surface area contributed by atoms with Gasteiger partial charge in [-0.15, -0.1) is 0 Å². The van der Waals surface area contributed by atoms with Gasteiger partial charge in [-0.2, -0.15) is 0 Å². The minimum Gasteiger partial charge on any atom is -0.385 e. The summed E-state index contributed by atoms with van der Waals surface area (Å²) in [5, 5.41) is 6.36. The Kier molecular flexibility index (Phi) is 9.73. The van der Waals surface area contributed by atoms with Crippen molar-refractivity contribution in [2.75, 3.05) is 32.5 Å². The molecule has 6 nitrogen and oxygen atoms in total. The van der Waals surface area contributed by atoms with E-state index in [-0.39, 0.29) is 5.91 Å². The van der Waals surface area contributed by atoms with Crippen LogP contribution in [0.2, 0.25) is 0 Å². The summed E-state index contributed by atoms with van der Waals surface area (Å²) in [6.45, 7) is 7.44. The van der Waals surface area contributed by atoms with Gasteiger partial charge in [0.25, 0.3) is 5.91 Å². The maximum absolute atomic E-state index is 12.7. The average molecular weight is 478 g/mol. The van der Waals surface area contributed by atoms with Crippen molar-refractivity contribution in [2.24, 2.45) is 7.05 Å². The molecule has 2 N–H and O–H groups in total. The Balaban J connectivity index is 0.000000320. The van der Waals surface area contributed by atoms with Crippen LogP contribution in [0.4, 0.5) is 5.69 Å². The number of imidazole rings is 1. The largest absolute Gasteiger partial charge is 0.385 e. The SMILES string of the molecule is CCNc1cc(C)cc(C(=O)NCCc2nc3ccccc3n2C)c1C.CN(C)C1CCCCC1. The lowest BCUT2D eigenvalue weighted by molar-refractivity contribution is 0.0953. The number of nitrogens with zero attached hydrogens (tertiary/aromatic N) is 3. The first-order valence-corrected chi connectivity index (χ1v) is 13.0. The van der Waals surface area contributed by atoms with Gasteiger partial charge < -0.3 is 20.1 Å². The molecule has 0 radical (unpaired) electrons. The van der Waals surface area contributed by atoms with E-state index in [1.807, 2.05) is 45.2 Å². The van der Waals surface area contributed by atoms with Gasteiger partial charge in [-0.25, -0.2) is 4.98 Å². The molecule has 3 aromatic rings. The van der Waals surface area contributed by atoms with Gasteiger partial charge in [-0.05, 0) is 83.1 Å². The number of hydrogen-bond donors (Lipinski definition) is 2. The number of rotatable bonds is 7. The minimum atomic E-state index is -0.0379. The molecule has 1 fully saturated rings. The second kappa shape index (κ2) is 12.7. The van der Waals surface area contributed by atoms with Crippen molar-refractivity contribution < 1.29 is 4.79 Å². The Morgan fingerprint density at radius 3 is 2.46 bits per heavy atom. The molecule has 1 amide bonds. The normalized spacial score (nSPS) is 14.0. The van der Waals surface area contributed by atoms with E-state index in [1.54, 1.807) is 0 Å². The summed E-state index contributed by atoms with van der Waals surface area (Å²) in [5.41, 5.74) is 5.91. The van der Waals surface area contributed by atoms with Crippen molar-refractivity contribution in [3.63, 3.8) is 0 Å². The first kappa shape index (κ1) is 26.7. The highest BCUT2D eigenvalue weighted by Gasteiger charge is 2.15. The van der Waals surface area contributed by atoms with Crippen molar-refractivity contribution in [3.8, 4) is 0 Å². The lowest BCUT2D eigenvalue weighted by Crippen LogP contribution is -2.29. The molecule has 0 bridgehead atoms. The number of aryl methyl sites for hydroxylation is 2. The standard InChI is InChI=1S/C21H26N4O.C8H17N/c1-5-22-18-13-14(2)12-16(15(18)3)21(26)23-11-10-20-24-17-8-6-7-9-19(17)25(20)4;1-9(2)8-6-4-3-5-7-8/h6-9,12-13,22H,5,10-11H2,1-4H3,(H,23,26);8H,3-7H2,1-2H3. The number of carbonyl (C=O) groups is 1. The van der Waals surface area contributed by atoms with Gasteiger partial charge in [0.15, 0.2) is 0 Å². The molecule has 1 aliphatic carbocycles. The Hall–Kier alpha value is -2.86. The Bertz CT molecular complexity index is 1110. The lowest BCUT2D eigenvalue weighted by Gasteiger charge is -2.27. The smallest absolute Gasteiger partial charge is 0.251 e. The fourth-order valence-electron chi connectivity index (χ4n) is 4.87. The molecule has 6 heteroatoms. The highest BCUT2D eigenvalue weighted by Crippen LogP contribution is 2.22. The summed E-state index contributed by atoms with van der Waals surface area (Å²) in [6.07, 6.45) is 7.90. The van der Waals surface area contributed by atoms with Crippen LogP contribution in [-0.4, -0.2) is 53.6 Å². The van der Waals surface area contributed by atoms with Gasteiger partial charge in [-0.3, -0.25) is 4.79 Å². The topological polar surface area (TPSA) is 62.2 Å². The molecule has 0 unspecified atom stereocenters. The van der Waals surface area contributed by atoms with E-state index in [2.05, 4.69) is 58.2 Å². The molecule has 190 valence electrons. The summed E-state index contributed by atoms with van der Waals surface area (Å²) in [4.78, 5) is 19.7. The zero-order chi connectivity index (χ0) is 25.4. The van der Waals surface area contributed by atoms with Crippen LogP contribution in [0, 0.1) is 13.8 Å². The van der Waals surface area contributed by atoms with E-state index >= 15 is 0 Å². The van der Waals surface area contributed by atoms with Crippen molar-refractivity contribution in [2.45, 2.75) is 65.3 Å². The zero-order valence-electron chi connectivity index (χ0n) is 22.4. The molecule has 35 heavy (non-hydrogen) atoms. The lowest BCUT2D eigenvalue weighted by atomic mass is 9.95. The van der Waals surface area contributed by atoms with Crippen LogP contribution in [0.3, 0.4) is 0 Å². The average Bonchev–Trinajstić information content (AvgIpc) is 3.17. The fraction of sp³-hybridized carbons (Fsp3) is 0.517. The monoisotopic (exact) mass is 477 g/mol. The van der Waals surface area contributed by atoms with Gasteiger partial charge in [0.1, 0.15) is 5.82 Å². The maximum atomic E-state index is 12.7. The van der Waals surface area contributed by atoms with Gasteiger partial charge in [-0.1, -0.05) is 31.4 Å². The number of benzene rings is 2. The number of fused-ring (bicyclic) bond motifs is 1. The first-order valence-electron chi connectivity index (χ1n) is 13.0. The highest BCUT2D eigenvalue weighted by molar-refractivity contribution is 5.97. The zero-order valence-corrected chi connectivity index (χ0v) is 22.4. The maximum Gasteiger partial charge on any atom is 0.251 e. The van der Waals surface area contributed by atoms with E-state index in [1.165, 1.54) is 32.1 Å². The van der Waals surface area contributed by atoms with E-state index < -0.39 is 0 Å². The number of amides is 1. The number of aromatic nitrogens is 2. The predicted molar refractivity (Wildman–Crippen MR) is 147 cm³/mol. The third-order valence-electron chi connectivity index (χ3n) is 6.98. The van der Waals surface area contributed by atoms with Crippen LogP contribution in [0.15, 0.2) is 36.4 Å². The number of hydrogen-bond acceptors (Lipinski definition) is 4. The molecule has 0 aliphatic heterocycles. The summed E-state index contributed by atoms with van der Waals surface area (Å²) in [7, 11) is 6.39. The van der Waals surface area contributed by atoms with Crippen LogP contribution in [0.5, 0.6) is 0 Å². The second-order valence-corrected chi connectivity index (χ2v) is 9.85. The summed E-state index contributed by atoms with van der Waals surface area (Å²) in [6, 6.07) is 13.0. The molecule has 0 saturated heterocycles. The minimum absolute atomic E-state index is 0.0379. The molecule has 1 aromatic heterocycles. The van der Waals surface area contributed by atoms with Gasteiger partial charge in [0.2, 0.25) is 0 Å². The van der Waals surface area contributed by atoms with Crippen molar-refractivity contribution in [1.82, 2.24) is 19.8 Å². The Morgan fingerprint density at radius 2 is 1.83 bits per heavy atom.